The summed E-state index contributed by atoms with van der Waals surface area (Å²) in [5.41, 5.74) is 5.47. The minimum absolute atomic E-state index is 0.426. The zero-order valence-electron chi connectivity index (χ0n) is 13.6. The Morgan fingerprint density at radius 3 is 2.36 bits per heavy atom. The molecule has 0 bridgehead atoms. The van der Waals surface area contributed by atoms with E-state index in [0.29, 0.717) is 16.6 Å². The lowest BCUT2D eigenvalue weighted by Crippen LogP contribution is -1.97. The molecular formula is C20H16ClN3O. The monoisotopic (exact) mass is 349 g/mol. The van der Waals surface area contributed by atoms with E-state index < -0.39 is 0 Å². The quantitative estimate of drug-likeness (QED) is 0.455. The Morgan fingerprint density at radius 2 is 1.60 bits per heavy atom. The van der Waals surface area contributed by atoms with Gasteiger partial charge < -0.3 is 15.1 Å². The van der Waals surface area contributed by atoms with Gasteiger partial charge >= 0.3 is 0 Å². The first kappa shape index (κ1) is 15.5. The van der Waals surface area contributed by atoms with Crippen molar-refractivity contribution in [2.24, 2.45) is 0 Å². The molecule has 2 N–H and O–H groups in total. The van der Waals surface area contributed by atoms with Crippen molar-refractivity contribution >= 4 is 45.8 Å². The van der Waals surface area contributed by atoms with Gasteiger partial charge in [-0.05, 0) is 49.4 Å². The van der Waals surface area contributed by atoms with Crippen molar-refractivity contribution in [1.29, 1.82) is 0 Å². The summed E-state index contributed by atoms with van der Waals surface area (Å²) < 4.78 is 5.74. The number of halogens is 1. The van der Waals surface area contributed by atoms with Gasteiger partial charge in [0.1, 0.15) is 5.52 Å². The average molecular weight is 350 g/mol. The number of aromatic nitrogens is 1. The van der Waals surface area contributed by atoms with Crippen LogP contribution in [0.2, 0.25) is 5.02 Å². The maximum absolute atomic E-state index is 6.00. The highest BCUT2D eigenvalue weighted by molar-refractivity contribution is 6.31. The summed E-state index contributed by atoms with van der Waals surface area (Å²) in [4.78, 5) is 4.44. The molecule has 0 atom stereocenters. The predicted octanol–water partition coefficient (Wildman–Crippen LogP) is 6.28. The molecule has 4 aromatic rings. The van der Waals surface area contributed by atoms with E-state index in [0.717, 1.165) is 22.6 Å². The standard InChI is InChI=1S/C20H16ClN3O/c1-13-6-9-15(10-7-13)22-16-4-2-3-5-17(16)23-20-24-18-12-14(21)8-11-19(18)25-20/h2-12,22H,1H3,(H,23,24). The number of nitrogens with zero attached hydrogens (tertiary/aromatic N) is 1. The van der Waals surface area contributed by atoms with Gasteiger partial charge in [0.2, 0.25) is 0 Å². The molecule has 0 saturated heterocycles. The van der Waals surface area contributed by atoms with Crippen LogP contribution in [0.4, 0.5) is 23.1 Å². The van der Waals surface area contributed by atoms with Crippen LogP contribution in [0.5, 0.6) is 0 Å². The van der Waals surface area contributed by atoms with Gasteiger partial charge in [0, 0.05) is 10.7 Å². The fourth-order valence-electron chi connectivity index (χ4n) is 2.56. The van der Waals surface area contributed by atoms with Gasteiger partial charge in [-0.3, -0.25) is 0 Å². The second-order valence-electron chi connectivity index (χ2n) is 5.79. The summed E-state index contributed by atoms with van der Waals surface area (Å²) in [5, 5.41) is 7.27. The molecular weight excluding hydrogens is 334 g/mol. The summed E-state index contributed by atoms with van der Waals surface area (Å²) in [6.45, 7) is 2.07. The van der Waals surface area contributed by atoms with Crippen LogP contribution in [0.3, 0.4) is 0 Å². The van der Waals surface area contributed by atoms with Crippen molar-refractivity contribution in [1.82, 2.24) is 4.98 Å². The van der Waals surface area contributed by atoms with Crippen LogP contribution in [0, 0.1) is 6.92 Å². The third-order valence-electron chi connectivity index (χ3n) is 3.85. The molecule has 1 aromatic heterocycles. The highest BCUT2D eigenvalue weighted by atomic mass is 35.5. The number of hydrogen-bond acceptors (Lipinski definition) is 4. The zero-order valence-corrected chi connectivity index (χ0v) is 14.3. The van der Waals surface area contributed by atoms with Crippen LogP contribution < -0.4 is 10.6 Å². The van der Waals surface area contributed by atoms with E-state index in [2.05, 4.69) is 34.7 Å². The minimum Gasteiger partial charge on any atom is -0.423 e. The van der Waals surface area contributed by atoms with Crippen molar-refractivity contribution in [3.63, 3.8) is 0 Å². The lowest BCUT2D eigenvalue weighted by Gasteiger charge is -2.12. The van der Waals surface area contributed by atoms with E-state index in [1.54, 1.807) is 12.1 Å². The van der Waals surface area contributed by atoms with Gasteiger partial charge in [-0.2, -0.15) is 4.98 Å². The molecule has 1 heterocycles. The highest BCUT2D eigenvalue weighted by Gasteiger charge is 2.09. The summed E-state index contributed by atoms with van der Waals surface area (Å²) in [7, 11) is 0. The fraction of sp³-hybridized carbons (Fsp3) is 0.0500. The molecule has 0 amide bonds. The van der Waals surface area contributed by atoms with Crippen LogP contribution in [0.1, 0.15) is 5.56 Å². The number of hydrogen-bond donors (Lipinski definition) is 2. The van der Waals surface area contributed by atoms with E-state index in [1.165, 1.54) is 5.56 Å². The molecule has 3 aromatic carbocycles. The number of oxazole rings is 1. The number of benzene rings is 3. The van der Waals surface area contributed by atoms with Gasteiger partial charge in [0.25, 0.3) is 6.01 Å². The number of nitrogens with one attached hydrogen (secondary N) is 2. The van der Waals surface area contributed by atoms with Crippen molar-refractivity contribution in [2.75, 3.05) is 10.6 Å². The first-order chi connectivity index (χ1) is 12.2. The summed E-state index contributed by atoms with van der Waals surface area (Å²) in [5.74, 6) is 0. The molecule has 0 saturated carbocycles. The molecule has 4 nitrogen and oxygen atoms in total. The van der Waals surface area contributed by atoms with Crippen LogP contribution in [0.15, 0.2) is 71.1 Å². The maximum atomic E-state index is 6.00. The number of rotatable bonds is 4. The van der Waals surface area contributed by atoms with Crippen molar-refractivity contribution in [2.45, 2.75) is 6.92 Å². The Hall–Kier alpha value is -2.98. The van der Waals surface area contributed by atoms with Crippen molar-refractivity contribution in [3.05, 3.63) is 77.3 Å². The van der Waals surface area contributed by atoms with Gasteiger partial charge in [-0.15, -0.1) is 0 Å². The minimum atomic E-state index is 0.426. The summed E-state index contributed by atoms with van der Waals surface area (Å²) >= 11 is 6.00. The van der Waals surface area contributed by atoms with Crippen LogP contribution in [-0.4, -0.2) is 4.98 Å². The number of aryl methyl sites for hydroxylation is 1. The van der Waals surface area contributed by atoms with Gasteiger partial charge in [0.15, 0.2) is 5.58 Å². The van der Waals surface area contributed by atoms with E-state index >= 15 is 0 Å². The topological polar surface area (TPSA) is 50.1 Å². The van der Waals surface area contributed by atoms with Crippen LogP contribution in [-0.2, 0) is 0 Å². The molecule has 4 rings (SSSR count). The highest BCUT2D eigenvalue weighted by Crippen LogP contribution is 2.30. The Kier molecular flexibility index (Phi) is 4.04. The smallest absolute Gasteiger partial charge is 0.300 e. The SMILES string of the molecule is Cc1ccc(Nc2ccccc2Nc2nc3cc(Cl)ccc3o2)cc1. The Bertz CT molecular complexity index is 1020. The molecule has 0 aliphatic rings. The van der Waals surface area contributed by atoms with Gasteiger partial charge in [-0.25, -0.2) is 0 Å². The molecule has 0 spiro atoms. The first-order valence-electron chi connectivity index (χ1n) is 7.93. The summed E-state index contributed by atoms with van der Waals surface area (Å²) in [6.07, 6.45) is 0. The third-order valence-corrected chi connectivity index (χ3v) is 4.08. The van der Waals surface area contributed by atoms with E-state index in [1.807, 2.05) is 42.5 Å². The van der Waals surface area contributed by atoms with E-state index in [9.17, 15) is 0 Å². The number of para-hydroxylation sites is 2. The molecule has 5 heteroatoms. The second-order valence-corrected chi connectivity index (χ2v) is 6.23. The molecule has 0 radical (unpaired) electrons. The maximum Gasteiger partial charge on any atom is 0.300 e. The first-order valence-corrected chi connectivity index (χ1v) is 8.31. The lowest BCUT2D eigenvalue weighted by molar-refractivity contribution is 0.623. The predicted molar refractivity (Wildman–Crippen MR) is 103 cm³/mol. The van der Waals surface area contributed by atoms with Crippen molar-refractivity contribution in [3.8, 4) is 0 Å². The van der Waals surface area contributed by atoms with Crippen molar-refractivity contribution < 1.29 is 4.42 Å². The Balaban J connectivity index is 1.62. The molecule has 124 valence electrons. The van der Waals surface area contributed by atoms with Crippen LogP contribution in [0.25, 0.3) is 11.1 Å². The molecule has 0 fully saturated rings. The van der Waals surface area contributed by atoms with Gasteiger partial charge in [0.05, 0.1) is 11.4 Å². The fourth-order valence-corrected chi connectivity index (χ4v) is 2.73. The zero-order chi connectivity index (χ0) is 17.2. The van der Waals surface area contributed by atoms with E-state index in [-0.39, 0.29) is 0 Å². The molecule has 25 heavy (non-hydrogen) atoms. The lowest BCUT2D eigenvalue weighted by atomic mass is 10.2. The van der Waals surface area contributed by atoms with Crippen LogP contribution >= 0.6 is 11.6 Å². The Morgan fingerprint density at radius 1 is 0.880 bits per heavy atom. The van der Waals surface area contributed by atoms with Gasteiger partial charge in [-0.1, -0.05) is 41.4 Å². The average Bonchev–Trinajstić information content (AvgIpc) is 3.00. The molecule has 0 aliphatic carbocycles. The molecule has 0 aliphatic heterocycles. The normalized spacial score (nSPS) is 10.8. The molecule has 0 unspecified atom stereocenters. The largest absolute Gasteiger partial charge is 0.423 e. The third kappa shape index (κ3) is 3.44. The Labute approximate surface area is 150 Å². The summed E-state index contributed by atoms with van der Waals surface area (Å²) in [6, 6.07) is 22.0. The second kappa shape index (κ2) is 6.49. The number of anilines is 4. The number of fused-ring (bicyclic) bond motifs is 1. The van der Waals surface area contributed by atoms with E-state index in [4.69, 9.17) is 16.0 Å².